The quantitative estimate of drug-likeness (QED) is 0.0346. The summed E-state index contributed by atoms with van der Waals surface area (Å²) in [5, 5.41) is 0. The molecule has 2 nitrogen and oxygen atoms in total. The third-order valence-corrected chi connectivity index (χ3v) is 13.9. The van der Waals surface area contributed by atoms with E-state index in [0.29, 0.717) is 13.0 Å². The highest BCUT2D eigenvalue weighted by Gasteiger charge is 2.03. The lowest BCUT2D eigenvalue weighted by molar-refractivity contribution is -0.143. The van der Waals surface area contributed by atoms with Crippen LogP contribution >= 0.6 is 0 Å². The van der Waals surface area contributed by atoms with Gasteiger partial charge in [-0.15, -0.1) is 0 Å². The predicted molar refractivity (Wildman–Crippen MR) is 276 cm³/mol. The van der Waals surface area contributed by atoms with Crippen molar-refractivity contribution in [2.24, 2.45) is 5.92 Å². The van der Waals surface area contributed by atoms with Crippen molar-refractivity contribution in [3.8, 4) is 0 Å². The van der Waals surface area contributed by atoms with Gasteiger partial charge in [0.25, 0.3) is 0 Å². The number of rotatable bonds is 54. The Labute approximate surface area is 386 Å². The first kappa shape index (κ1) is 60.2. The Morgan fingerprint density at radius 2 is 0.607 bits per heavy atom. The number of ether oxygens (including phenoxy) is 1. The molecule has 2 heteroatoms. The van der Waals surface area contributed by atoms with E-state index in [4.69, 9.17) is 4.74 Å². The summed E-state index contributed by atoms with van der Waals surface area (Å²) in [6.45, 7) is 7.65. The lowest BCUT2D eigenvalue weighted by atomic mass is 9.99. The number of carbonyl (C=O) groups excluding carboxylic acids is 1. The SMILES string of the molecule is CCCCCCCCC=CCCCCCCCCCC(=O)OCCCCCCCCCCCCCCCCCCCCCCCCCCCCCCCCCCCC(C)CC. The zero-order valence-corrected chi connectivity index (χ0v) is 42.8. The molecule has 61 heavy (non-hydrogen) atoms. The molecule has 0 aliphatic heterocycles. The van der Waals surface area contributed by atoms with Gasteiger partial charge in [0.2, 0.25) is 0 Å². The number of hydrogen-bond acceptors (Lipinski definition) is 2. The van der Waals surface area contributed by atoms with Gasteiger partial charge in [-0.05, 0) is 44.4 Å². The highest BCUT2D eigenvalue weighted by atomic mass is 16.5. The topological polar surface area (TPSA) is 26.3 Å². The number of esters is 1. The fourth-order valence-corrected chi connectivity index (χ4v) is 9.23. The molecule has 0 aromatic carbocycles. The van der Waals surface area contributed by atoms with Gasteiger partial charge in [0.1, 0.15) is 0 Å². The van der Waals surface area contributed by atoms with Crippen LogP contribution < -0.4 is 0 Å². The zero-order valence-electron chi connectivity index (χ0n) is 42.8. The van der Waals surface area contributed by atoms with Crippen LogP contribution in [0, 0.1) is 5.92 Å². The van der Waals surface area contributed by atoms with Crippen LogP contribution in [-0.4, -0.2) is 12.6 Å². The summed E-state index contributed by atoms with van der Waals surface area (Å²) in [4.78, 5) is 12.1. The second-order valence-electron chi connectivity index (χ2n) is 20.2. The minimum absolute atomic E-state index is 0.0268. The van der Waals surface area contributed by atoms with Crippen LogP contribution in [0.15, 0.2) is 12.2 Å². The van der Waals surface area contributed by atoms with E-state index >= 15 is 0 Å². The lowest BCUT2D eigenvalue weighted by Gasteiger charge is -2.07. The van der Waals surface area contributed by atoms with Crippen LogP contribution in [0.25, 0.3) is 0 Å². The van der Waals surface area contributed by atoms with E-state index in [1.807, 2.05) is 0 Å². The Morgan fingerprint density at radius 3 is 0.918 bits per heavy atom. The van der Waals surface area contributed by atoms with E-state index < -0.39 is 0 Å². The van der Waals surface area contributed by atoms with Crippen LogP contribution in [-0.2, 0) is 9.53 Å². The molecule has 0 rings (SSSR count). The van der Waals surface area contributed by atoms with Gasteiger partial charge in [-0.2, -0.15) is 0 Å². The number of carbonyl (C=O) groups is 1. The average molecular weight is 858 g/mol. The Morgan fingerprint density at radius 1 is 0.344 bits per heavy atom. The van der Waals surface area contributed by atoms with E-state index in [0.717, 1.165) is 18.8 Å². The summed E-state index contributed by atoms with van der Waals surface area (Å²) in [7, 11) is 0. The van der Waals surface area contributed by atoms with Crippen LogP contribution in [0.2, 0.25) is 0 Å². The monoisotopic (exact) mass is 857 g/mol. The van der Waals surface area contributed by atoms with Crippen molar-refractivity contribution in [2.45, 2.75) is 348 Å². The maximum Gasteiger partial charge on any atom is 0.305 e. The molecule has 0 N–H and O–H groups in total. The fraction of sp³-hybridized carbons (Fsp3) is 0.949. The van der Waals surface area contributed by atoms with Gasteiger partial charge >= 0.3 is 5.97 Å². The van der Waals surface area contributed by atoms with Crippen LogP contribution in [0.4, 0.5) is 0 Å². The summed E-state index contributed by atoms with van der Waals surface area (Å²) < 4.78 is 5.50. The molecule has 0 spiro atoms. The minimum atomic E-state index is 0.0268. The Hall–Kier alpha value is -0.790. The average Bonchev–Trinajstić information content (AvgIpc) is 3.27. The van der Waals surface area contributed by atoms with E-state index in [9.17, 15) is 4.79 Å². The van der Waals surface area contributed by atoms with E-state index in [2.05, 4.69) is 32.9 Å². The molecule has 364 valence electrons. The molecule has 1 unspecified atom stereocenters. The first-order valence-electron chi connectivity index (χ1n) is 29.0. The summed E-state index contributed by atoms with van der Waals surface area (Å²) in [6, 6.07) is 0. The van der Waals surface area contributed by atoms with Gasteiger partial charge in [-0.3, -0.25) is 4.79 Å². The lowest BCUT2D eigenvalue weighted by Crippen LogP contribution is -2.05. The molecule has 1 atom stereocenters. The molecule has 0 bridgehead atoms. The molecule has 0 heterocycles. The summed E-state index contributed by atoms with van der Waals surface area (Å²) in [6.07, 6.45) is 75.3. The van der Waals surface area contributed by atoms with Crippen molar-refractivity contribution in [1.29, 1.82) is 0 Å². The summed E-state index contributed by atoms with van der Waals surface area (Å²) in [5.74, 6) is 0.967. The standard InChI is InChI=1S/C59H116O2/c1-4-6-7-8-9-10-11-12-13-31-35-38-41-44-47-50-53-56-59(60)61-57-54-51-48-45-42-39-36-33-30-28-26-24-22-20-18-16-14-15-17-19-21-23-25-27-29-32-34-37-40-43-46-49-52-55-58(3)5-2/h12-13,58H,4-11,14-57H2,1-3H3. The smallest absolute Gasteiger partial charge is 0.305 e. The number of unbranched alkanes of at least 4 members (excludes halogenated alkanes) is 45. The third kappa shape index (κ3) is 55.3. The van der Waals surface area contributed by atoms with E-state index in [-0.39, 0.29) is 5.97 Å². The second kappa shape index (κ2) is 55.3. The zero-order chi connectivity index (χ0) is 44.0. The molecule has 0 radical (unpaired) electrons. The van der Waals surface area contributed by atoms with Gasteiger partial charge in [0.05, 0.1) is 6.61 Å². The Kier molecular flexibility index (Phi) is 54.6. The molecular formula is C59H116O2. The van der Waals surface area contributed by atoms with Gasteiger partial charge in [-0.1, -0.05) is 315 Å². The first-order valence-corrected chi connectivity index (χ1v) is 29.0. The summed E-state index contributed by atoms with van der Waals surface area (Å²) in [5.41, 5.74) is 0. The Balaban J connectivity index is 3.15. The predicted octanol–water partition coefficient (Wildman–Crippen LogP) is 21.7. The van der Waals surface area contributed by atoms with Crippen molar-refractivity contribution < 1.29 is 9.53 Å². The van der Waals surface area contributed by atoms with Crippen molar-refractivity contribution in [2.75, 3.05) is 6.61 Å². The van der Waals surface area contributed by atoms with Crippen molar-refractivity contribution in [3.05, 3.63) is 12.2 Å². The van der Waals surface area contributed by atoms with Crippen LogP contribution in [0.5, 0.6) is 0 Å². The highest BCUT2D eigenvalue weighted by Crippen LogP contribution is 2.19. The van der Waals surface area contributed by atoms with E-state index in [1.54, 1.807) is 0 Å². The molecule has 0 saturated heterocycles. The maximum absolute atomic E-state index is 12.1. The molecular weight excluding hydrogens is 741 g/mol. The largest absolute Gasteiger partial charge is 0.466 e. The van der Waals surface area contributed by atoms with Crippen LogP contribution in [0.1, 0.15) is 348 Å². The normalized spacial score (nSPS) is 12.2. The Bertz CT molecular complexity index is 818. The van der Waals surface area contributed by atoms with Gasteiger partial charge < -0.3 is 4.74 Å². The summed E-state index contributed by atoms with van der Waals surface area (Å²) >= 11 is 0. The fourth-order valence-electron chi connectivity index (χ4n) is 9.23. The van der Waals surface area contributed by atoms with Gasteiger partial charge in [0, 0.05) is 6.42 Å². The number of hydrogen-bond donors (Lipinski definition) is 0. The number of allylic oxidation sites excluding steroid dienone is 2. The molecule has 0 aromatic rings. The molecule has 0 fully saturated rings. The molecule has 0 amide bonds. The van der Waals surface area contributed by atoms with Crippen molar-refractivity contribution >= 4 is 5.97 Å². The molecule has 0 aliphatic carbocycles. The molecule has 0 aromatic heterocycles. The third-order valence-electron chi connectivity index (χ3n) is 13.9. The maximum atomic E-state index is 12.1. The van der Waals surface area contributed by atoms with Gasteiger partial charge in [0.15, 0.2) is 0 Å². The van der Waals surface area contributed by atoms with Gasteiger partial charge in [-0.25, -0.2) is 0 Å². The molecule has 0 aliphatic rings. The highest BCUT2D eigenvalue weighted by molar-refractivity contribution is 5.69. The van der Waals surface area contributed by atoms with E-state index in [1.165, 1.54) is 308 Å². The first-order chi connectivity index (χ1) is 30.2. The van der Waals surface area contributed by atoms with Crippen LogP contribution in [0.3, 0.4) is 0 Å². The van der Waals surface area contributed by atoms with Crippen molar-refractivity contribution in [1.82, 2.24) is 0 Å². The molecule has 0 saturated carbocycles. The minimum Gasteiger partial charge on any atom is -0.466 e. The second-order valence-corrected chi connectivity index (χ2v) is 20.2. The van der Waals surface area contributed by atoms with Crippen molar-refractivity contribution in [3.63, 3.8) is 0 Å².